The zero-order valence-electron chi connectivity index (χ0n) is 17.6. The maximum absolute atomic E-state index is 12.0. The van der Waals surface area contributed by atoms with Crippen molar-refractivity contribution in [2.75, 3.05) is 11.9 Å². The molecule has 1 heterocycles. The third-order valence-electron chi connectivity index (χ3n) is 4.65. The number of carbonyl (C=O) groups is 3. The van der Waals surface area contributed by atoms with E-state index in [0.717, 1.165) is 22.6 Å². The Morgan fingerprint density at radius 1 is 1.03 bits per heavy atom. The minimum Gasteiger partial charge on any atom is -0.452 e. The number of hydrogen-bond donors (Lipinski definition) is 1. The molecular weight excluding hydrogens is 394 g/mol. The van der Waals surface area contributed by atoms with E-state index >= 15 is 0 Å². The first-order chi connectivity index (χ1) is 14.8. The third-order valence-corrected chi connectivity index (χ3v) is 4.65. The fourth-order valence-electron chi connectivity index (χ4n) is 3.04. The van der Waals surface area contributed by atoms with E-state index in [1.165, 1.54) is 13.0 Å². The number of aromatic nitrogens is 2. The second kappa shape index (κ2) is 9.67. The molecule has 0 aliphatic carbocycles. The van der Waals surface area contributed by atoms with Crippen LogP contribution in [0.25, 0.3) is 11.8 Å². The molecule has 0 saturated carbocycles. The predicted molar refractivity (Wildman–Crippen MR) is 118 cm³/mol. The van der Waals surface area contributed by atoms with Crippen LogP contribution in [-0.2, 0) is 14.3 Å². The van der Waals surface area contributed by atoms with Gasteiger partial charge >= 0.3 is 5.97 Å². The number of amides is 1. The highest BCUT2D eigenvalue weighted by atomic mass is 16.5. The predicted octanol–water partition coefficient (Wildman–Crippen LogP) is 3.89. The molecule has 0 fully saturated rings. The number of anilines is 1. The minimum atomic E-state index is -0.631. The van der Waals surface area contributed by atoms with Crippen molar-refractivity contribution < 1.29 is 19.1 Å². The standard InChI is InChI=1S/C24H23N3O4/c1-16-22(17(2)27(26-16)21-7-5-4-6-8-21)13-14-24(30)31-15-23(29)25-20-11-9-19(10-12-20)18(3)28/h4-14H,15H2,1-3H3,(H,25,29)/b14-13+. The van der Waals surface area contributed by atoms with Crippen LogP contribution in [0.2, 0.25) is 0 Å². The molecule has 1 N–H and O–H groups in total. The molecule has 2 aromatic carbocycles. The van der Waals surface area contributed by atoms with Crippen molar-refractivity contribution in [3.8, 4) is 5.69 Å². The Labute approximate surface area is 180 Å². The van der Waals surface area contributed by atoms with Crippen LogP contribution in [0, 0.1) is 13.8 Å². The fraction of sp³-hybridized carbons (Fsp3) is 0.167. The van der Waals surface area contributed by atoms with E-state index in [1.807, 2.05) is 48.9 Å². The molecule has 0 atom stereocenters. The molecule has 0 saturated heterocycles. The molecule has 0 aliphatic heterocycles. The number of para-hydroxylation sites is 1. The van der Waals surface area contributed by atoms with Crippen molar-refractivity contribution in [2.24, 2.45) is 0 Å². The van der Waals surface area contributed by atoms with Crippen LogP contribution in [0.4, 0.5) is 5.69 Å². The van der Waals surface area contributed by atoms with Crippen LogP contribution in [0.3, 0.4) is 0 Å². The van der Waals surface area contributed by atoms with Crippen LogP contribution in [0.15, 0.2) is 60.7 Å². The van der Waals surface area contributed by atoms with Gasteiger partial charge in [0.25, 0.3) is 5.91 Å². The quantitative estimate of drug-likeness (QED) is 0.358. The van der Waals surface area contributed by atoms with Gasteiger partial charge in [-0.25, -0.2) is 9.48 Å². The second-order valence-electron chi connectivity index (χ2n) is 6.95. The number of rotatable bonds is 7. The first-order valence-corrected chi connectivity index (χ1v) is 9.72. The summed E-state index contributed by atoms with van der Waals surface area (Å²) < 4.78 is 6.82. The smallest absolute Gasteiger partial charge is 0.331 e. The van der Waals surface area contributed by atoms with Gasteiger partial charge in [-0.2, -0.15) is 5.10 Å². The number of hydrogen-bond acceptors (Lipinski definition) is 5. The minimum absolute atomic E-state index is 0.0571. The molecule has 7 heteroatoms. The third kappa shape index (κ3) is 5.54. The van der Waals surface area contributed by atoms with Gasteiger partial charge in [0.1, 0.15) is 0 Å². The lowest BCUT2D eigenvalue weighted by molar-refractivity contribution is -0.142. The van der Waals surface area contributed by atoms with Crippen LogP contribution in [-0.4, -0.2) is 34.0 Å². The van der Waals surface area contributed by atoms with Gasteiger partial charge in [0.15, 0.2) is 12.4 Å². The molecule has 31 heavy (non-hydrogen) atoms. The van der Waals surface area contributed by atoms with Crippen molar-refractivity contribution >= 4 is 29.4 Å². The van der Waals surface area contributed by atoms with Crippen molar-refractivity contribution in [1.29, 1.82) is 0 Å². The second-order valence-corrected chi connectivity index (χ2v) is 6.95. The monoisotopic (exact) mass is 417 g/mol. The van der Waals surface area contributed by atoms with E-state index < -0.39 is 18.5 Å². The Balaban J connectivity index is 1.56. The van der Waals surface area contributed by atoms with Crippen molar-refractivity contribution in [3.63, 3.8) is 0 Å². The van der Waals surface area contributed by atoms with Gasteiger partial charge in [-0.1, -0.05) is 18.2 Å². The highest BCUT2D eigenvalue weighted by Crippen LogP contribution is 2.19. The Bertz CT molecular complexity index is 1130. The summed E-state index contributed by atoms with van der Waals surface area (Å²) in [5.41, 5.74) is 4.47. The zero-order chi connectivity index (χ0) is 22.4. The lowest BCUT2D eigenvalue weighted by atomic mass is 10.1. The Morgan fingerprint density at radius 2 is 1.71 bits per heavy atom. The maximum Gasteiger partial charge on any atom is 0.331 e. The zero-order valence-corrected chi connectivity index (χ0v) is 17.6. The first-order valence-electron chi connectivity index (χ1n) is 9.72. The lowest BCUT2D eigenvalue weighted by Gasteiger charge is -2.06. The molecule has 7 nitrogen and oxygen atoms in total. The number of ether oxygens (including phenoxy) is 1. The lowest BCUT2D eigenvalue weighted by Crippen LogP contribution is -2.20. The summed E-state index contributed by atoms with van der Waals surface area (Å²) in [7, 11) is 0. The molecule has 0 aliphatic rings. The molecule has 0 bridgehead atoms. The van der Waals surface area contributed by atoms with Crippen LogP contribution < -0.4 is 5.32 Å². The van der Waals surface area contributed by atoms with Crippen molar-refractivity contribution in [1.82, 2.24) is 9.78 Å². The largest absolute Gasteiger partial charge is 0.452 e. The van der Waals surface area contributed by atoms with E-state index in [9.17, 15) is 14.4 Å². The summed E-state index contributed by atoms with van der Waals surface area (Å²) in [5.74, 6) is -1.16. The molecular formula is C24H23N3O4. The fourth-order valence-corrected chi connectivity index (χ4v) is 3.04. The molecule has 1 amide bonds. The van der Waals surface area contributed by atoms with Crippen LogP contribution >= 0.6 is 0 Å². The molecule has 0 spiro atoms. The summed E-state index contributed by atoms with van der Waals surface area (Å²) in [5, 5.41) is 7.14. The average Bonchev–Trinajstić information content (AvgIpc) is 3.05. The summed E-state index contributed by atoms with van der Waals surface area (Å²) in [6, 6.07) is 16.2. The number of carbonyl (C=O) groups excluding carboxylic acids is 3. The molecule has 1 aromatic heterocycles. The summed E-state index contributed by atoms with van der Waals surface area (Å²) in [4.78, 5) is 35.3. The van der Waals surface area contributed by atoms with E-state index in [-0.39, 0.29) is 5.78 Å². The van der Waals surface area contributed by atoms with Gasteiger partial charge in [-0.15, -0.1) is 0 Å². The van der Waals surface area contributed by atoms with Crippen molar-refractivity contribution in [2.45, 2.75) is 20.8 Å². The number of ketones is 1. The van der Waals surface area contributed by atoms with E-state index in [2.05, 4.69) is 10.4 Å². The normalized spacial score (nSPS) is 10.8. The Kier molecular flexibility index (Phi) is 6.77. The number of nitrogens with one attached hydrogen (secondary N) is 1. The summed E-state index contributed by atoms with van der Waals surface area (Å²) in [6.45, 7) is 4.83. The van der Waals surface area contributed by atoms with Gasteiger partial charge in [0, 0.05) is 28.6 Å². The Hall–Kier alpha value is -4.00. The number of esters is 1. The highest BCUT2D eigenvalue weighted by Gasteiger charge is 2.11. The van der Waals surface area contributed by atoms with Gasteiger partial charge in [-0.3, -0.25) is 9.59 Å². The van der Waals surface area contributed by atoms with Crippen molar-refractivity contribution in [3.05, 3.63) is 83.2 Å². The van der Waals surface area contributed by atoms with Gasteiger partial charge in [-0.05, 0) is 63.2 Å². The maximum atomic E-state index is 12.0. The van der Waals surface area contributed by atoms with Crippen LogP contribution in [0.1, 0.15) is 34.2 Å². The molecule has 0 unspecified atom stereocenters. The number of aryl methyl sites for hydroxylation is 1. The first kappa shape index (κ1) is 21.7. The summed E-state index contributed by atoms with van der Waals surface area (Å²) in [6.07, 6.45) is 2.92. The summed E-state index contributed by atoms with van der Waals surface area (Å²) >= 11 is 0. The molecule has 3 rings (SSSR count). The molecule has 158 valence electrons. The highest BCUT2D eigenvalue weighted by molar-refractivity contribution is 5.96. The van der Waals surface area contributed by atoms with Gasteiger partial charge in [0.2, 0.25) is 0 Å². The molecule has 3 aromatic rings. The number of Topliss-reactive ketones (excluding diaryl/α,β-unsaturated/α-hetero) is 1. The van der Waals surface area contributed by atoms with Crippen LogP contribution in [0.5, 0.6) is 0 Å². The SMILES string of the molecule is CC(=O)c1ccc(NC(=O)COC(=O)/C=C/c2c(C)nn(-c3ccccc3)c2C)cc1. The molecule has 0 radical (unpaired) electrons. The van der Waals surface area contributed by atoms with E-state index in [1.54, 1.807) is 30.3 Å². The number of benzene rings is 2. The van der Waals surface area contributed by atoms with E-state index in [4.69, 9.17) is 4.74 Å². The van der Waals surface area contributed by atoms with Gasteiger partial charge in [0.05, 0.1) is 11.4 Å². The average molecular weight is 417 g/mol. The Morgan fingerprint density at radius 3 is 2.35 bits per heavy atom. The van der Waals surface area contributed by atoms with E-state index in [0.29, 0.717) is 11.3 Å². The number of nitrogens with zero attached hydrogens (tertiary/aromatic N) is 2. The topological polar surface area (TPSA) is 90.3 Å². The van der Waals surface area contributed by atoms with Gasteiger partial charge < -0.3 is 10.1 Å².